The molecule has 16 unspecified atom stereocenters. The normalized spacial score (nSPS) is 37.7. The molecule has 12 rings (SSSR count). The van der Waals surface area contributed by atoms with Crippen molar-refractivity contribution in [3.05, 3.63) is 175 Å². The largest absolute Gasteiger partial charge is 0.397 e. The van der Waals surface area contributed by atoms with E-state index in [0.29, 0.717) is 16.7 Å². The van der Waals surface area contributed by atoms with Gasteiger partial charge >= 0.3 is 41.6 Å². The molecule has 4 aromatic carbocycles. The maximum atomic E-state index is 12.8. The molecule has 8 N–H and O–H groups in total. The smallest absolute Gasteiger partial charge is 0.370 e. The lowest BCUT2D eigenvalue weighted by Gasteiger charge is -2.52. The van der Waals surface area contributed by atoms with Gasteiger partial charge in [0.15, 0.2) is 74.7 Å². The first-order valence-electron chi connectivity index (χ1n) is 45.1. The topological polar surface area (TPSA) is 740 Å². The average Bonchev–Trinajstić information content (AvgIpc) is 0.761. The van der Waals surface area contributed by atoms with E-state index in [2.05, 4.69) is 50.2 Å². The van der Waals surface area contributed by atoms with Crippen molar-refractivity contribution in [3.63, 3.8) is 0 Å². The van der Waals surface area contributed by atoms with E-state index in [1.54, 1.807) is 149 Å². The minimum absolute atomic E-state index is 0.0214. The molecule has 8 aliphatic heterocycles. The Morgan fingerprint density at radius 1 is 0.278 bits per heavy atom. The fraction of sp³-hybridized carbons (Fsp3) is 0.711. The van der Waals surface area contributed by atoms with Crippen molar-refractivity contribution in [1.29, 1.82) is 0 Å². The van der Waals surface area contributed by atoms with Gasteiger partial charge in [-0.1, -0.05) is 198 Å². The maximum Gasteiger partial charge on any atom is 0.397 e. The van der Waals surface area contributed by atoms with E-state index in [9.17, 15) is 89.5 Å². The van der Waals surface area contributed by atoms with E-state index in [0.717, 1.165) is 5.56 Å². The first-order valence-corrected chi connectivity index (χ1v) is 50.6. The number of hydrogen-bond acceptors (Lipinski definition) is 47. The minimum Gasteiger partial charge on any atom is -0.370 e. The van der Waals surface area contributed by atoms with Gasteiger partial charge in [-0.15, -0.1) is 0 Å². The van der Waals surface area contributed by atoms with Gasteiger partial charge in [0.25, 0.3) is 0 Å². The van der Waals surface area contributed by atoms with Gasteiger partial charge in [0, 0.05) is 33.7 Å². The van der Waals surface area contributed by atoms with Gasteiger partial charge in [-0.05, 0) is 90.2 Å². The Bertz CT molecular complexity index is 5260. The lowest BCUT2D eigenvalue weighted by Crippen LogP contribution is -2.66. The monoisotopic (exact) mass is 2140 g/mol. The van der Waals surface area contributed by atoms with Crippen LogP contribution in [-0.2, 0) is 219 Å². The molecule has 8 fully saturated rings. The lowest BCUT2D eigenvalue weighted by molar-refractivity contribution is -0.537. The molecule has 806 valence electrons. The molecule has 0 saturated carbocycles. The standard InChI is InChI=1S/C83H117N9O48S4/c1-40-41(2)76(109-11)122-54(36-114-141(97,98)99)61(40)126-81-73(134-138-94)69(111-33-51-26-18-13-19-27-51)66(47(8)119-81)130-78-59(88-91-85)44(5)63(56(124-78)38-116-143(103,104)105)128-83-75(136-140-96)71(113-35-53-30-22-15-23-31-53)68(49(10)121-83)132-79-60(89-92-86)45(6)64(57(125-79)39-117-144(106,107)108)129-82-74(135-139-95)70(112-34-52-28-20-14-21-29-52)67(48(9)120-82)131-77-58(87-90-84)43(4)62(55(123-77)37-115-142(100,101)102)127-80-72(133-137-93)65(42(3)46(7)118-80)110-32-50-24-16-12-17-25-50/h12-31,40-49,54-83,93-96H,32-39H2,1-11H3,(H,97,98,99)(H,100,101,102)(H,103,104,105)(H,106,107,108)/t40-,41?,42-,43-,44-,45-,46?,47?,48?,49?,54?,55?,56?,57?,58?,59?,60?,61+,62+,63+,64+,65-,66-,67-,68+,69-,70-,71-,72?,73?,74?,75?,76+,77+,78+,79+,80+,81+,82+,83+/m1/s1. The second kappa shape index (κ2) is 53.6. The highest BCUT2D eigenvalue weighted by atomic mass is 32.3. The van der Waals surface area contributed by atoms with Gasteiger partial charge < -0.3 is 94.7 Å². The number of hydrogen-bond donors (Lipinski definition) is 8. The van der Waals surface area contributed by atoms with Gasteiger partial charge in [-0.25, -0.2) is 37.8 Å². The van der Waals surface area contributed by atoms with Crippen LogP contribution >= 0.6 is 0 Å². The summed E-state index contributed by atoms with van der Waals surface area (Å²) in [5.74, 6) is -5.50. The van der Waals surface area contributed by atoms with Crippen LogP contribution in [-0.4, -0.2) is 315 Å². The van der Waals surface area contributed by atoms with Crippen LogP contribution in [0.15, 0.2) is 137 Å². The van der Waals surface area contributed by atoms with Crippen LogP contribution < -0.4 is 0 Å². The quantitative estimate of drug-likeness (QED) is 0.00521. The fourth-order valence-electron chi connectivity index (χ4n) is 18.5. The van der Waals surface area contributed by atoms with Crippen molar-refractivity contribution < 1.29 is 224 Å². The minimum atomic E-state index is -5.46. The summed E-state index contributed by atoms with van der Waals surface area (Å²) < 4.78 is 290. The molecule has 0 radical (unpaired) electrons. The summed E-state index contributed by atoms with van der Waals surface area (Å²) >= 11 is 0. The average molecular weight is 2140 g/mol. The van der Waals surface area contributed by atoms with E-state index < -0.39 is 312 Å². The Morgan fingerprint density at radius 3 is 0.750 bits per heavy atom. The van der Waals surface area contributed by atoms with Crippen molar-refractivity contribution in [3.8, 4) is 0 Å². The molecular weight excluding hydrogens is 2020 g/mol. The van der Waals surface area contributed by atoms with E-state index in [1.165, 1.54) is 48.7 Å². The molecule has 40 atom stereocenters. The van der Waals surface area contributed by atoms with E-state index in [4.69, 9.17) is 131 Å². The predicted octanol–water partition coefficient (Wildman–Crippen LogP) is 7.84. The van der Waals surface area contributed by atoms with Crippen molar-refractivity contribution in [2.75, 3.05) is 33.5 Å². The summed E-state index contributed by atoms with van der Waals surface area (Å²) in [6, 6.07) is 29.2. The Balaban J connectivity index is 0.829. The Labute approximate surface area is 825 Å². The molecular formula is C83H117N9O48S4. The molecule has 0 aliphatic carbocycles. The molecule has 0 bridgehead atoms. The summed E-state index contributed by atoms with van der Waals surface area (Å²) in [4.78, 5) is 31.3. The summed E-state index contributed by atoms with van der Waals surface area (Å²) in [7, 11) is -19.9. The second-order valence-electron chi connectivity index (χ2n) is 35.1. The molecule has 8 heterocycles. The molecule has 0 aromatic heterocycles. The fourth-order valence-corrected chi connectivity index (χ4v) is 19.7. The predicted molar refractivity (Wildman–Crippen MR) is 471 cm³/mol. The maximum absolute atomic E-state index is 12.8. The second-order valence-corrected chi connectivity index (χ2v) is 39.5. The highest BCUT2D eigenvalue weighted by Gasteiger charge is 2.62. The number of methoxy groups -OCH3 is 1. The SMILES string of the molecule is CO[C@H]1OC(COS(=O)(=O)O)[C@@H](O[C@@H]2OC(C)[C@@H](O[C@@H]3OC(COS(=O)(=O)O)[C@@H](O[C@@H]4OC(C)[C@H](O[C@@H]5OC(COS(=O)(=O)O)[C@@H](O[C@@H]6OC(C)[C@@H](O[C@@H]7OC(COS(=O)(=O)O)[C@@H](O[C@@H]8OC(C)[C@@H](C)[C@@H](OCc9ccccc9)C8OOO)[C@H](C)C7N=[N+]=[N-])[C@@H](OCc7ccccc7)C6OOO)[C@H](C)C5N=[N+]=[N-])[C@@H](OCc5ccccc5)C4OOO)[C@H](C)C3N=[N+]=[N-])[C@@H](OCc3ccccc3)C2OOO)[C@H](C)C1C. The number of nitrogens with zero attached hydrogens (tertiary/aromatic N) is 9. The van der Waals surface area contributed by atoms with Crippen LogP contribution in [0.4, 0.5) is 0 Å². The van der Waals surface area contributed by atoms with E-state index in [1.807, 2.05) is 0 Å². The Hall–Kier alpha value is -6.99. The zero-order valence-corrected chi connectivity index (χ0v) is 82.1. The first kappa shape index (κ1) is 116. The third-order valence-electron chi connectivity index (χ3n) is 26.0. The molecule has 144 heavy (non-hydrogen) atoms. The highest BCUT2D eigenvalue weighted by Crippen LogP contribution is 2.47. The van der Waals surface area contributed by atoms with E-state index in [-0.39, 0.29) is 26.4 Å². The van der Waals surface area contributed by atoms with Gasteiger partial charge in [-0.3, -0.25) is 18.2 Å². The molecule has 61 heteroatoms. The first-order chi connectivity index (χ1) is 68.7. The van der Waals surface area contributed by atoms with Gasteiger partial charge in [-0.2, -0.15) is 53.2 Å². The van der Waals surface area contributed by atoms with Crippen LogP contribution in [0.5, 0.6) is 0 Å². The van der Waals surface area contributed by atoms with Crippen LogP contribution in [0.25, 0.3) is 31.3 Å². The van der Waals surface area contributed by atoms with Crippen LogP contribution in [0.3, 0.4) is 0 Å². The third-order valence-corrected chi connectivity index (χ3v) is 27.7. The Morgan fingerprint density at radius 2 is 0.507 bits per heavy atom. The number of rotatable bonds is 50. The third kappa shape index (κ3) is 30.9. The van der Waals surface area contributed by atoms with Gasteiger partial charge in [0.05, 0.1) is 126 Å². The zero-order valence-electron chi connectivity index (χ0n) is 78.9. The molecule has 4 aromatic rings. The summed E-state index contributed by atoms with van der Waals surface area (Å²) in [5, 5.41) is 70.4. The number of benzene rings is 4. The van der Waals surface area contributed by atoms with Crippen LogP contribution in [0, 0.1) is 35.5 Å². The molecule has 0 amide bonds. The van der Waals surface area contributed by atoms with E-state index >= 15 is 0 Å². The van der Waals surface area contributed by atoms with Crippen molar-refractivity contribution in [2.24, 2.45) is 50.9 Å². The summed E-state index contributed by atoms with van der Waals surface area (Å²) in [5.41, 5.74) is 33.6. The highest BCUT2D eigenvalue weighted by molar-refractivity contribution is 7.81. The van der Waals surface area contributed by atoms with Gasteiger partial charge in [0.1, 0.15) is 61.0 Å². The van der Waals surface area contributed by atoms with Crippen molar-refractivity contribution in [1.82, 2.24) is 0 Å². The van der Waals surface area contributed by atoms with Crippen molar-refractivity contribution in [2.45, 2.75) is 305 Å². The Kier molecular flexibility index (Phi) is 43.1. The summed E-state index contributed by atoms with van der Waals surface area (Å²) in [6.07, 6.45) is -49.7. The molecule has 0 spiro atoms. The van der Waals surface area contributed by atoms with Crippen LogP contribution in [0.1, 0.15) is 91.5 Å². The van der Waals surface area contributed by atoms with Crippen molar-refractivity contribution >= 4 is 41.6 Å². The summed E-state index contributed by atoms with van der Waals surface area (Å²) in [6.45, 7) is 10.2. The number of azide groups is 3. The van der Waals surface area contributed by atoms with Gasteiger partial charge in [0.2, 0.25) is 0 Å². The number of ether oxygens (including phenoxy) is 20. The van der Waals surface area contributed by atoms with Crippen LogP contribution in [0.2, 0.25) is 0 Å². The zero-order chi connectivity index (χ0) is 104. The molecule has 8 saturated heterocycles. The molecule has 8 aliphatic rings. The molecule has 57 nitrogen and oxygen atoms in total. The lowest BCUT2D eigenvalue weighted by atomic mass is 9.84.